The molecule has 0 saturated carbocycles. The van der Waals surface area contributed by atoms with Crippen LogP contribution in [0.5, 0.6) is 5.75 Å². The average Bonchev–Trinajstić information content (AvgIpc) is 2.61. The Morgan fingerprint density at radius 2 is 1.72 bits per heavy atom. The summed E-state index contributed by atoms with van der Waals surface area (Å²) < 4.78 is 19.4. The van der Waals surface area contributed by atoms with Gasteiger partial charge in [-0.15, -0.1) is 12.4 Å². The van der Waals surface area contributed by atoms with E-state index in [-0.39, 0.29) is 18.0 Å². The summed E-state index contributed by atoms with van der Waals surface area (Å²) in [4.78, 5) is 12.0. The zero-order valence-electron chi connectivity index (χ0n) is 14.5. The molecule has 0 fully saturated rings. The molecule has 1 amide bonds. The number of benzene rings is 2. The molecule has 2 rings (SSSR count). The van der Waals surface area contributed by atoms with Crippen LogP contribution in [0.4, 0.5) is 4.39 Å². The van der Waals surface area contributed by atoms with Gasteiger partial charge in [0.25, 0.3) is 5.91 Å². The van der Waals surface area contributed by atoms with E-state index in [9.17, 15) is 9.18 Å². The van der Waals surface area contributed by atoms with Crippen molar-refractivity contribution in [1.29, 1.82) is 0 Å². The fourth-order valence-electron chi connectivity index (χ4n) is 2.32. The van der Waals surface area contributed by atoms with E-state index in [1.54, 1.807) is 13.2 Å². The first-order valence-corrected chi connectivity index (χ1v) is 8.08. The Labute approximate surface area is 154 Å². The van der Waals surface area contributed by atoms with Crippen LogP contribution in [0.3, 0.4) is 0 Å². The number of hydrogen-bond donors (Lipinski definition) is 2. The van der Waals surface area contributed by atoms with E-state index in [4.69, 9.17) is 4.74 Å². The van der Waals surface area contributed by atoms with Gasteiger partial charge in [-0.25, -0.2) is 4.39 Å². The number of amides is 1. The minimum atomic E-state index is -0.526. The lowest BCUT2D eigenvalue weighted by Crippen LogP contribution is -2.32. The van der Waals surface area contributed by atoms with Crippen LogP contribution in [0.1, 0.15) is 23.7 Å². The van der Waals surface area contributed by atoms with Gasteiger partial charge >= 0.3 is 0 Å². The van der Waals surface area contributed by atoms with Crippen molar-refractivity contribution in [2.24, 2.45) is 0 Å². The predicted octanol–water partition coefficient (Wildman–Crippen LogP) is 3.65. The summed E-state index contributed by atoms with van der Waals surface area (Å²) in [6.45, 7) is 4.12. The normalized spacial score (nSPS) is 10.0. The molecule has 0 aromatic heterocycles. The van der Waals surface area contributed by atoms with Crippen LogP contribution in [0.25, 0.3) is 11.1 Å². The van der Waals surface area contributed by atoms with Gasteiger partial charge in [-0.2, -0.15) is 0 Å². The number of nitrogens with one attached hydrogen (secondary N) is 2. The summed E-state index contributed by atoms with van der Waals surface area (Å²) in [5, 5.41) is 5.89. The molecule has 0 bridgehead atoms. The standard InChI is InChI=1S/C19H23FN2O2.ClH/c1-3-10-21-11-12-22-19(23)17-9-6-15(13-18(17)20)14-4-7-16(24-2)8-5-14;/h4-9,13,21H,3,10-12H2,1-2H3,(H,22,23);1H. The fourth-order valence-corrected chi connectivity index (χ4v) is 2.32. The maximum atomic E-state index is 14.3. The summed E-state index contributed by atoms with van der Waals surface area (Å²) >= 11 is 0. The smallest absolute Gasteiger partial charge is 0.254 e. The lowest BCUT2D eigenvalue weighted by molar-refractivity contribution is 0.0950. The molecule has 2 aromatic carbocycles. The zero-order chi connectivity index (χ0) is 17.4. The third kappa shape index (κ3) is 6.03. The van der Waals surface area contributed by atoms with Gasteiger partial charge in [0.2, 0.25) is 0 Å². The second kappa shape index (κ2) is 10.7. The maximum Gasteiger partial charge on any atom is 0.254 e. The van der Waals surface area contributed by atoms with Crippen LogP contribution in [0.2, 0.25) is 0 Å². The van der Waals surface area contributed by atoms with E-state index in [0.717, 1.165) is 29.8 Å². The van der Waals surface area contributed by atoms with Gasteiger partial charge in [-0.05, 0) is 48.4 Å². The molecule has 0 radical (unpaired) electrons. The second-order valence-corrected chi connectivity index (χ2v) is 5.43. The number of rotatable bonds is 8. The van der Waals surface area contributed by atoms with E-state index in [1.165, 1.54) is 12.1 Å². The van der Waals surface area contributed by atoms with Gasteiger partial charge in [0, 0.05) is 13.1 Å². The Balaban J connectivity index is 0.00000312. The third-order valence-corrected chi connectivity index (χ3v) is 3.65. The highest BCUT2D eigenvalue weighted by molar-refractivity contribution is 5.95. The van der Waals surface area contributed by atoms with Crippen molar-refractivity contribution >= 4 is 18.3 Å². The molecule has 0 saturated heterocycles. The second-order valence-electron chi connectivity index (χ2n) is 5.43. The number of halogens is 2. The lowest BCUT2D eigenvalue weighted by atomic mass is 10.0. The van der Waals surface area contributed by atoms with Crippen LogP contribution in [-0.2, 0) is 0 Å². The Bertz CT molecular complexity index is 678. The van der Waals surface area contributed by atoms with Crippen LogP contribution in [0, 0.1) is 5.82 Å². The van der Waals surface area contributed by atoms with Crippen molar-refractivity contribution in [2.75, 3.05) is 26.7 Å². The molecule has 0 atom stereocenters. The average molecular weight is 367 g/mol. The van der Waals surface area contributed by atoms with Crippen LogP contribution < -0.4 is 15.4 Å². The minimum Gasteiger partial charge on any atom is -0.497 e. The monoisotopic (exact) mass is 366 g/mol. The first kappa shape index (κ1) is 20.9. The number of carbonyl (C=O) groups is 1. The molecule has 6 heteroatoms. The van der Waals surface area contributed by atoms with Gasteiger partial charge in [0.15, 0.2) is 0 Å². The van der Waals surface area contributed by atoms with Crippen molar-refractivity contribution in [3.8, 4) is 16.9 Å². The zero-order valence-corrected chi connectivity index (χ0v) is 15.3. The fraction of sp³-hybridized carbons (Fsp3) is 0.316. The van der Waals surface area contributed by atoms with Crippen molar-refractivity contribution in [1.82, 2.24) is 10.6 Å². The van der Waals surface area contributed by atoms with E-state index in [2.05, 4.69) is 17.6 Å². The highest BCUT2D eigenvalue weighted by Crippen LogP contribution is 2.24. The Hall–Kier alpha value is -2.11. The number of carbonyl (C=O) groups excluding carboxylic acids is 1. The molecule has 0 aliphatic carbocycles. The molecule has 0 aliphatic heterocycles. The highest BCUT2D eigenvalue weighted by Gasteiger charge is 2.12. The first-order valence-electron chi connectivity index (χ1n) is 8.08. The van der Waals surface area contributed by atoms with Crippen LogP contribution in [0.15, 0.2) is 42.5 Å². The van der Waals surface area contributed by atoms with Crippen LogP contribution >= 0.6 is 12.4 Å². The van der Waals surface area contributed by atoms with E-state index >= 15 is 0 Å². The number of hydrogen-bond acceptors (Lipinski definition) is 3. The third-order valence-electron chi connectivity index (χ3n) is 3.65. The summed E-state index contributed by atoms with van der Waals surface area (Å²) in [7, 11) is 1.60. The van der Waals surface area contributed by atoms with E-state index in [0.29, 0.717) is 13.1 Å². The first-order chi connectivity index (χ1) is 11.7. The number of methoxy groups -OCH3 is 1. The molecule has 0 aliphatic rings. The summed E-state index contributed by atoms with van der Waals surface area (Å²) in [6.07, 6.45) is 1.04. The largest absolute Gasteiger partial charge is 0.497 e. The minimum absolute atomic E-state index is 0. The Morgan fingerprint density at radius 1 is 1.04 bits per heavy atom. The van der Waals surface area contributed by atoms with Gasteiger partial charge in [-0.1, -0.05) is 25.1 Å². The molecule has 2 aromatic rings. The summed E-state index contributed by atoms with van der Waals surface area (Å²) in [5.74, 6) is -0.179. The van der Waals surface area contributed by atoms with E-state index < -0.39 is 11.7 Å². The van der Waals surface area contributed by atoms with Gasteiger partial charge in [0.05, 0.1) is 12.7 Å². The molecule has 4 nitrogen and oxygen atoms in total. The van der Waals surface area contributed by atoms with Crippen molar-refractivity contribution in [2.45, 2.75) is 13.3 Å². The van der Waals surface area contributed by atoms with Gasteiger partial charge < -0.3 is 15.4 Å². The van der Waals surface area contributed by atoms with Crippen molar-refractivity contribution in [3.63, 3.8) is 0 Å². The lowest BCUT2D eigenvalue weighted by Gasteiger charge is -2.09. The predicted molar refractivity (Wildman–Crippen MR) is 101 cm³/mol. The highest BCUT2D eigenvalue weighted by atomic mass is 35.5. The molecule has 0 heterocycles. The van der Waals surface area contributed by atoms with Crippen molar-refractivity contribution in [3.05, 3.63) is 53.8 Å². The number of ether oxygens (including phenoxy) is 1. The molecule has 0 unspecified atom stereocenters. The topological polar surface area (TPSA) is 50.4 Å². The molecule has 0 spiro atoms. The Morgan fingerprint density at radius 3 is 2.32 bits per heavy atom. The quantitative estimate of drug-likeness (QED) is 0.701. The van der Waals surface area contributed by atoms with Crippen molar-refractivity contribution < 1.29 is 13.9 Å². The van der Waals surface area contributed by atoms with Gasteiger partial charge in [-0.3, -0.25) is 4.79 Å². The molecule has 25 heavy (non-hydrogen) atoms. The molecular weight excluding hydrogens is 343 g/mol. The molecular formula is C19H24ClFN2O2. The summed E-state index contributed by atoms with van der Waals surface area (Å²) in [6, 6.07) is 12.0. The van der Waals surface area contributed by atoms with E-state index in [1.807, 2.05) is 24.3 Å². The summed E-state index contributed by atoms with van der Waals surface area (Å²) in [5.41, 5.74) is 1.64. The van der Waals surface area contributed by atoms with Gasteiger partial charge in [0.1, 0.15) is 11.6 Å². The Kier molecular flexibility index (Phi) is 8.95. The van der Waals surface area contributed by atoms with Crippen LogP contribution in [-0.4, -0.2) is 32.7 Å². The molecule has 136 valence electrons. The maximum absolute atomic E-state index is 14.3. The molecule has 2 N–H and O–H groups in total. The SMILES string of the molecule is CCCNCCNC(=O)c1ccc(-c2ccc(OC)cc2)cc1F.Cl.